The number of rotatable bonds is 3. The normalized spacial score (nSPS) is 24.9. The molecule has 1 unspecified atom stereocenters. The van der Waals surface area contributed by atoms with Gasteiger partial charge in [0.05, 0.1) is 0 Å². The van der Waals surface area contributed by atoms with Crippen LogP contribution in [0.4, 0.5) is 0 Å². The molecule has 86 valence electrons. The second-order valence-corrected chi connectivity index (χ2v) is 4.18. The Balaban J connectivity index is 2.68. The summed E-state index contributed by atoms with van der Waals surface area (Å²) in [5, 5.41) is 17.5. The van der Waals surface area contributed by atoms with Gasteiger partial charge in [0, 0.05) is 12.3 Å². The molecule has 0 radical (unpaired) electrons. The third kappa shape index (κ3) is 3.20. The maximum absolute atomic E-state index is 9.61. The van der Waals surface area contributed by atoms with E-state index in [1.807, 2.05) is 27.7 Å². The van der Waals surface area contributed by atoms with Gasteiger partial charge in [0.25, 0.3) is 0 Å². The van der Waals surface area contributed by atoms with Crippen molar-refractivity contribution in [3.05, 3.63) is 0 Å². The SMILES string of the molecule is CC(C)/C=N/N=C1\OCC(O)N1C(C)C. The lowest BCUT2D eigenvalue weighted by Gasteiger charge is -2.22. The van der Waals surface area contributed by atoms with Crippen molar-refractivity contribution in [1.29, 1.82) is 0 Å². The van der Waals surface area contributed by atoms with Crippen LogP contribution < -0.4 is 0 Å². The highest BCUT2D eigenvalue weighted by atomic mass is 16.5. The monoisotopic (exact) mass is 213 g/mol. The van der Waals surface area contributed by atoms with Gasteiger partial charge in [0.1, 0.15) is 6.61 Å². The molecule has 15 heavy (non-hydrogen) atoms. The molecule has 5 heteroatoms. The van der Waals surface area contributed by atoms with Crippen LogP contribution in [0.25, 0.3) is 0 Å². The van der Waals surface area contributed by atoms with Crippen LogP contribution in [0.1, 0.15) is 27.7 Å². The smallest absolute Gasteiger partial charge is 0.313 e. The summed E-state index contributed by atoms with van der Waals surface area (Å²) in [6, 6.07) is 0.546. The van der Waals surface area contributed by atoms with E-state index >= 15 is 0 Å². The van der Waals surface area contributed by atoms with Crippen molar-refractivity contribution in [2.24, 2.45) is 16.1 Å². The summed E-state index contributed by atoms with van der Waals surface area (Å²) in [4.78, 5) is 1.71. The first kappa shape index (κ1) is 12.0. The highest BCUT2D eigenvalue weighted by Crippen LogP contribution is 2.14. The van der Waals surface area contributed by atoms with Gasteiger partial charge < -0.3 is 9.84 Å². The first-order valence-corrected chi connectivity index (χ1v) is 5.22. The van der Waals surface area contributed by atoms with Crippen molar-refractivity contribution >= 4 is 12.2 Å². The standard InChI is InChI=1S/C10H19N3O2/c1-7(2)5-11-12-10-13(8(3)4)9(14)6-15-10/h5,7-9,14H,6H2,1-4H3/b11-5+,12-10-. The van der Waals surface area contributed by atoms with Crippen LogP contribution in [-0.4, -0.2) is 41.1 Å². The van der Waals surface area contributed by atoms with Gasteiger partial charge in [-0.25, -0.2) is 0 Å². The average molecular weight is 213 g/mol. The fourth-order valence-electron chi connectivity index (χ4n) is 1.29. The average Bonchev–Trinajstić information content (AvgIpc) is 2.46. The van der Waals surface area contributed by atoms with Crippen LogP contribution in [0.5, 0.6) is 0 Å². The molecule has 0 saturated carbocycles. The molecule has 0 amide bonds. The summed E-state index contributed by atoms with van der Waals surface area (Å²) in [6.07, 6.45) is 1.12. The largest absolute Gasteiger partial charge is 0.459 e. The number of hydrogen-bond donors (Lipinski definition) is 1. The van der Waals surface area contributed by atoms with Crippen molar-refractivity contribution < 1.29 is 9.84 Å². The number of amidine groups is 1. The van der Waals surface area contributed by atoms with Gasteiger partial charge in [-0.2, -0.15) is 5.10 Å². The lowest BCUT2D eigenvalue weighted by molar-refractivity contribution is 0.0487. The maximum Gasteiger partial charge on any atom is 0.313 e. The molecular formula is C10H19N3O2. The van der Waals surface area contributed by atoms with E-state index in [0.29, 0.717) is 11.9 Å². The zero-order valence-electron chi connectivity index (χ0n) is 9.71. The molecule has 1 heterocycles. The second-order valence-electron chi connectivity index (χ2n) is 4.18. The molecule has 0 aromatic rings. The Hall–Kier alpha value is -1.10. The minimum Gasteiger partial charge on any atom is -0.459 e. The molecule has 0 aromatic heterocycles. The first-order chi connectivity index (χ1) is 7.02. The van der Waals surface area contributed by atoms with E-state index < -0.39 is 6.23 Å². The van der Waals surface area contributed by atoms with Gasteiger partial charge in [-0.1, -0.05) is 18.9 Å². The maximum atomic E-state index is 9.61. The Bertz CT molecular complexity index is 261. The molecular weight excluding hydrogens is 194 g/mol. The van der Waals surface area contributed by atoms with Gasteiger partial charge in [-0.3, -0.25) is 4.90 Å². The predicted octanol–water partition coefficient (Wildman–Crippen LogP) is 1.04. The fourth-order valence-corrected chi connectivity index (χ4v) is 1.29. The van der Waals surface area contributed by atoms with Crippen LogP contribution in [0, 0.1) is 5.92 Å². The summed E-state index contributed by atoms with van der Waals surface area (Å²) in [5.74, 6) is 0.355. The Morgan fingerprint density at radius 3 is 2.67 bits per heavy atom. The Kier molecular flexibility index (Phi) is 4.08. The van der Waals surface area contributed by atoms with E-state index in [1.165, 1.54) is 0 Å². The Morgan fingerprint density at radius 1 is 1.47 bits per heavy atom. The zero-order valence-corrected chi connectivity index (χ0v) is 9.71. The summed E-state index contributed by atoms with van der Waals surface area (Å²) in [5.41, 5.74) is 0. The quantitative estimate of drug-likeness (QED) is 0.563. The molecule has 1 N–H and O–H groups in total. The molecule has 1 aliphatic rings. The van der Waals surface area contributed by atoms with Crippen molar-refractivity contribution in [3.63, 3.8) is 0 Å². The Labute approximate surface area is 90.4 Å². The van der Waals surface area contributed by atoms with E-state index in [4.69, 9.17) is 4.74 Å². The lowest BCUT2D eigenvalue weighted by Crippen LogP contribution is -2.39. The third-order valence-corrected chi connectivity index (χ3v) is 1.97. The molecule has 0 spiro atoms. The molecule has 1 rings (SSSR count). The van der Waals surface area contributed by atoms with Crippen molar-refractivity contribution in [3.8, 4) is 0 Å². The fraction of sp³-hybridized carbons (Fsp3) is 0.800. The van der Waals surface area contributed by atoms with Crippen LogP contribution in [-0.2, 0) is 4.74 Å². The van der Waals surface area contributed by atoms with Gasteiger partial charge in [-0.15, -0.1) is 0 Å². The highest BCUT2D eigenvalue weighted by molar-refractivity contribution is 5.76. The van der Waals surface area contributed by atoms with Gasteiger partial charge in [0.15, 0.2) is 6.23 Å². The minimum absolute atomic E-state index is 0.149. The van der Waals surface area contributed by atoms with Crippen molar-refractivity contribution in [2.75, 3.05) is 6.61 Å². The summed E-state index contributed by atoms with van der Waals surface area (Å²) < 4.78 is 5.23. The van der Waals surface area contributed by atoms with E-state index in [1.54, 1.807) is 11.1 Å². The van der Waals surface area contributed by atoms with Crippen LogP contribution in [0.2, 0.25) is 0 Å². The van der Waals surface area contributed by atoms with Crippen LogP contribution >= 0.6 is 0 Å². The van der Waals surface area contributed by atoms with E-state index in [0.717, 1.165) is 0 Å². The predicted molar refractivity (Wildman–Crippen MR) is 59.7 cm³/mol. The van der Waals surface area contributed by atoms with Crippen LogP contribution in [0.3, 0.4) is 0 Å². The number of hydrogen-bond acceptors (Lipinski definition) is 4. The second kappa shape index (κ2) is 5.11. The molecule has 5 nitrogen and oxygen atoms in total. The molecule has 0 aliphatic carbocycles. The lowest BCUT2D eigenvalue weighted by atomic mass is 10.3. The van der Waals surface area contributed by atoms with E-state index in [9.17, 15) is 5.11 Å². The van der Waals surface area contributed by atoms with E-state index in [-0.39, 0.29) is 12.6 Å². The van der Waals surface area contributed by atoms with Crippen LogP contribution in [0.15, 0.2) is 10.2 Å². The summed E-state index contributed by atoms with van der Waals surface area (Å²) in [6.45, 7) is 8.25. The first-order valence-electron chi connectivity index (χ1n) is 5.22. The van der Waals surface area contributed by atoms with E-state index in [2.05, 4.69) is 10.2 Å². The number of nitrogens with zero attached hydrogens (tertiary/aromatic N) is 3. The molecule has 0 aromatic carbocycles. The number of aliphatic hydroxyl groups is 1. The Morgan fingerprint density at radius 2 is 2.13 bits per heavy atom. The molecule has 1 aliphatic heterocycles. The highest BCUT2D eigenvalue weighted by Gasteiger charge is 2.31. The summed E-state index contributed by atoms with van der Waals surface area (Å²) in [7, 11) is 0. The topological polar surface area (TPSA) is 57.4 Å². The van der Waals surface area contributed by atoms with Gasteiger partial charge in [-0.05, 0) is 19.8 Å². The third-order valence-electron chi connectivity index (χ3n) is 1.97. The van der Waals surface area contributed by atoms with Gasteiger partial charge in [0.2, 0.25) is 0 Å². The zero-order chi connectivity index (χ0) is 11.4. The van der Waals surface area contributed by atoms with Crippen molar-refractivity contribution in [2.45, 2.75) is 40.0 Å². The number of ether oxygens (including phenoxy) is 1. The number of aliphatic hydroxyl groups excluding tert-OH is 1. The molecule has 1 saturated heterocycles. The molecule has 0 bridgehead atoms. The summed E-state index contributed by atoms with van der Waals surface area (Å²) >= 11 is 0. The molecule has 1 fully saturated rings. The minimum atomic E-state index is -0.613. The van der Waals surface area contributed by atoms with Gasteiger partial charge >= 0.3 is 6.02 Å². The molecule has 1 atom stereocenters. The van der Waals surface area contributed by atoms with Crippen molar-refractivity contribution in [1.82, 2.24) is 4.90 Å².